The van der Waals surface area contributed by atoms with Crippen molar-refractivity contribution >= 4 is 5.91 Å². The van der Waals surface area contributed by atoms with Crippen LogP contribution in [0.3, 0.4) is 0 Å². The number of carbonyl (C=O) groups is 1. The predicted molar refractivity (Wildman–Crippen MR) is 70.4 cm³/mol. The van der Waals surface area contributed by atoms with Gasteiger partial charge in [-0.3, -0.25) is 9.48 Å². The second-order valence-corrected chi connectivity index (χ2v) is 5.72. The van der Waals surface area contributed by atoms with Crippen LogP contribution in [0.15, 0.2) is 12.4 Å². The third-order valence-corrected chi connectivity index (χ3v) is 4.54. The molecule has 0 atom stereocenters. The summed E-state index contributed by atoms with van der Waals surface area (Å²) in [4.78, 5) is 14.2. The molecule has 1 aromatic rings. The highest BCUT2D eigenvalue weighted by Gasteiger charge is 2.37. The number of piperidine rings is 1. The third kappa shape index (κ3) is 2.78. The van der Waals surface area contributed by atoms with Gasteiger partial charge >= 0.3 is 0 Å². The fourth-order valence-corrected chi connectivity index (χ4v) is 3.17. The van der Waals surface area contributed by atoms with Crippen molar-refractivity contribution < 1.29 is 4.79 Å². The largest absolute Gasteiger partial charge is 0.343 e. The summed E-state index contributed by atoms with van der Waals surface area (Å²) in [5, 5.41) is 11.1. The molecule has 1 amide bonds. The number of carbonyl (C=O) groups excluding carboxylic acids is 1. The molecular weight excluding hydrogens is 242 g/mol. The first-order chi connectivity index (χ1) is 9.27. The van der Waals surface area contributed by atoms with Crippen LogP contribution in [-0.2, 0) is 11.3 Å². The zero-order valence-corrected chi connectivity index (χ0v) is 11.2. The van der Waals surface area contributed by atoms with E-state index in [1.807, 2.05) is 4.90 Å². The molecule has 1 N–H and O–H groups in total. The van der Waals surface area contributed by atoms with Gasteiger partial charge in [0.1, 0.15) is 0 Å². The van der Waals surface area contributed by atoms with Crippen LogP contribution in [-0.4, -0.2) is 52.0 Å². The van der Waals surface area contributed by atoms with Crippen LogP contribution in [0.1, 0.15) is 25.7 Å². The predicted octanol–water partition coefficient (Wildman–Crippen LogP) is 0.270. The Labute approximate surface area is 113 Å². The van der Waals surface area contributed by atoms with Crippen LogP contribution in [0.5, 0.6) is 0 Å². The van der Waals surface area contributed by atoms with Crippen LogP contribution in [0.2, 0.25) is 0 Å². The Balaban J connectivity index is 1.46. The lowest BCUT2D eigenvalue weighted by atomic mass is 9.78. The Kier molecular flexibility index (Phi) is 3.50. The standard InChI is InChI=1S/C13H21N5O/c19-12(1-7-18-10-6-15-16-18)17-8-3-13(4-9-17)2-5-14-11-13/h6,10,14H,1-5,7-9,11H2. The average Bonchev–Trinajstić information content (AvgIpc) is 3.09. The number of hydrogen-bond acceptors (Lipinski definition) is 4. The van der Waals surface area contributed by atoms with Crippen LogP contribution in [0.25, 0.3) is 0 Å². The van der Waals surface area contributed by atoms with Gasteiger partial charge in [-0.1, -0.05) is 5.21 Å². The van der Waals surface area contributed by atoms with Crippen molar-refractivity contribution in [2.45, 2.75) is 32.2 Å². The number of rotatable bonds is 3. The highest BCUT2D eigenvalue weighted by molar-refractivity contribution is 5.76. The quantitative estimate of drug-likeness (QED) is 0.850. The molecule has 3 heterocycles. The molecule has 2 saturated heterocycles. The van der Waals surface area contributed by atoms with Gasteiger partial charge in [-0.15, -0.1) is 5.10 Å². The zero-order valence-electron chi connectivity index (χ0n) is 11.2. The Morgan fingerprint density at radius 3 is 2.79 bits per heavy atom. The molecule has 0 radical (unpaired) electrons. The maximum Gasteiger partial charge on any atom is 0.224 e. The number of aromatic nitrogens is 3. The summed E-state index contributed by atoms with van der Waals surface area (Å²) in [7, 11) is 0. The fraction of sp³-hybridized carbons (Fsp3) is 0.769. The summed E-state index contributed by atoms with van der Waals surface area (Å²) >= 11 is 0. The highest BCUT2D eigenvalue weighted by Crippen LogP contribution is 2.36. The molecule has 1 spiro atoms. The molecule has 6 heteroatoms. The number of nitrogens with zero attached hydrogens (tertiary/aromatic N) is 4. The first-order valence-corrected chi connectivity index (χ1v) is 7.10. The number of amides is 1. The number of hydrogen-bond donors (Lipinski definition) is 1. The summed E-state index contributed by atoms with van der Waals surface area (Å²) in [5.74, 6) is 0.247. The minimum atomic E-state index is 0.247. The average molecular weight is 263 g/mol. The SMILES string of the molecule is O=C(CCn1ccnn1)N1CCC2(CCNC2)CC1. The van der Waals surface area contributed by atoms with Crippen molar-refractivity contribution in [2.24, 2.45) is 5.41 Å². The van der Waals surface area contributed by atoms with E-state index in [2.05, 4.69) is 15.6 Å². The molecule has 3 rings (SSSR count). The van der Waals surface area contributed by atoms with Crippen LogP contribution in [0, 0.1) is 5.41 Å². The van der Waals surface area contributed by atoms with Crippen molar-refractivity contribution in [3.05, 3.63) is 12.4 Å². The minimum absolute atomic E-state index is 0.247. The van der Waals surface area contributed by atoms with Gasteiger partial charge in [0, 0.05) is 32.3 Å². The first-order valence-electron chi connectivity index (χ1n) is 7.10. The Hall–Kier alpha value is -1.43. The zero-order chi connectivity index (χ0) is 13.1. The van der Waals surface area contributed by atoms with E-state index in [0.717, 1.165) is 39.0 Å². The van der Waals surface area contributed by atoms with Crippen LogP contribution >= 0.6 is 0 Å². The monoisotopic (exact) mass is 263 g/mol. The van der Waals surface area contributed by atoms with Crippen molar-refractivity contribution in [3.8, 4) is 0 Å². The van der Waals surface area contributed by atoms with E-state index in [0.29, 0.717) is 18.4 Å². The van der Waals surface area contributed by atoms with Crippen molar-refractivity contribution in [2.75, 3.05) is 26.2 Å². The molecule has 2 aliphatic rings. The third-order valence-electron chi connectivity index (χ3n) is 4.54. The van der Waals surface area contributed by atoms with Gasteiger partial charge in [-0.05, 0) is 31.2 Å². The van der Waals surface area contributed by atoms with E-state index in [4.69, 9.17) is 0 Å². The molecule has 0 saturated carbocycles. The molecule has 2 fully saturated rings. The van der Waals surface area contributed by atoms with Gasteiger partial charge in [-0.2, -0.15) is 0 Å². The Morgan fingerprint density at radius 1 is 1.32 bits per heavy atom. The molecule has 1 aromatic heterocycles. The summed E-state index contributed by atoms with van der Waals surface area (Å²) in [5.41, 5.74) is 0.475. The number of aryl methyl sites for hydroxylation is 1. The molecular formula is C13H21N5O. The lowest BCUT2D eigenvalue weighted by Crippen LogP contribution is -2.44. The molecule has 104 valence electrons. The molecule has 0 bridgehead atoms. The van der Waals surface area contributed by atoms with E-state index in [1.54, 1.807) is 17.1 Å². The van der Waals surface area contributed by atoms with E-state index in [-0.39, 0.29) is 5.91 Å². The summed E-state index contributed by atoms with van der Waals surface area (Å²) < 4.78 is 1.71. The maximum absolute atomic E-state index is 12.1. The molecule has 19 heavy (non-hydrogen) atoms. The number of likely N-dealkylation sites (tertiary alicyclic amines) is 1. The van der Waals surface area contributed by atoms with Crippen molar-refractivity contribution in [1.82, 2.24) is 25.2 Å². The van der Waals surface area contributed by atoms with Crippen molar-refractivity contribution in [3.63, 3.8) is 0 Å². The fourth-order valence-electron chi connectivity index (χ4n) is 3.17. The molecule has 0 aliphatic carbocycles. The molecule has 2 aliphatic heterocycles. The van der Waals surface area contributed by atoms with Gasteiger partial charge in [-0.25, -0.2) is 0 Å². The van der Waals surface area contributed by atoms with Gasteiger partial charge in [0.25, 0.3) is 0 Å². The van der Waals surface area contributed by atoms with Gasteiger partial charge < -0.3 is 10.2 Å². The van der Waals surface area contributed by atoms with Crippen molar-refractivity contribution in [1.29, 1.82) is 0 Å². The minimum Gasteiger partial charge on any atom is -0.343 e. The number of nitrogens with one attached hydrogen (secondary N) is 1. The Morgan fingerprint density at radius 2 is 2.16 bits per heavy atom. The highest BCUT2D eigenvalue weighted by atomic mass is 16.2. The lowest BCUT2D eigenvalue weighted by Gasteiger charge is -2.38. The smallest absolute Gasteiger partial charge is 0.224 e. The second kappa shape index (κ2) is 5.28. The van der Waals surface area contributed by atoms with E-state index < -0.39 is 0 Å². The van der Waals surface area contributed by atoms with Crippen LogP contribution in [0.4, 0.5) is 0 Å². The van der Waals surface area contributed by atoms with Gasteiger partial charge in [0.2, 0.25) is 5.91 Å². The summed E-state index contributed by atoms with van der Waals surface area (Å²) in [6.45, 7) is 4.73. The summed E-state index contributed by atoms with van der Waals surface area (Å²) in [6, 6.07) is 0. The van der Waals surface area contributed by atoms with E-state index in [9.17, 15) is 4.79 Å². The molecule has 0 unspecified atom stereocenters. The van der Waals surface area contributed by atoms with E-state index in [1.165, 1.54) is 6.42 Å². The van der Waals surface area contributed by atoms with Gasteiger partial charge in [0.05, 0.1) is 12.7 Å². The van der Waals surface area contributed by atoms with E-state index >= 15 is 0 Å². The molecule has 6 nitrogen and oxygen atoms in total. The topological polar surface area (TPSA) is 63.1 Å². The summed E-state index contributed by atoms with van der Waals surface area (Å²) in [6.07, 6.45) is 7.53. The first kappa shape index (κ1) is 12.6. The Bertz CT molecular complexity index is 414. The van der Waals surface area contributed by atoms with Gasteiger partial charge in [0.15, 0.2) is 0 Å². The normalized spacial score (nSPS) is 22.0. The maximum atomic E-state index is 12.1. The lowest BCUT2D eigenvalue weighted by molar-refractivity contribution is -0.133. The second-order valence-electron chi connectivity index (χ2n) is 5.72. The molecule has 0 aromatic carbocycles. The van der Waals surface area contributed by atoms with Crippen LogP contribution < -0.4 is 5.32 Å².